The topological polar surface area (TPSA) is 43.1 Å². The molecule has 0 aromatic rings. The van der Waals surface area contributed by atoms with Gasteiger partial charge in [-0.25, -0.2) is 0 Å². The summed E-state index contributed by atoms with van der Waals surface area (Å²) in [7, 11) is 0. The third-order valence-corrected chi connectivity index (χ3v) is 0.348. The summed E-state index contributed by atoms with van der Waals surface area (Å²) in [6.45, 7) is 9.97. The number of carbonyl (C=O) groups is 1. The fourth-order valence-electron chi connectivity index (χ4n) is 0. The van der Waals surface area contributed by atoms with Crippen molar-refractivity contribution in [3.05, 3.63) is 0 Å². The maximum atomic E-state index is 9.59. The summed E-state index contributed by atoms with van der Waals surface area (Å²) in [5, 5.41) is 0. The van der Waals surface area contributed by atoms with Crippen molar-refractivity contribution >= 4 is 5.91 Å². The number of hydrogen-bond acceptors (Lipinski definition) is 1. The largest absolute Gasteiger partial charge is 0.370 e. The summed E-state index contributed by atoms with van der Waals surface area (Å²) in [5.74, 6) is -0.245. The van der Waals surface area contributed by atoms with E-state index >= 15 is 0 Å². The van der Waals surface area contributed by atoms with Crippen molar-refractivity contribution in [2.24, 2.45) is 5.73 Å². The minimum atomic E-state index is -0.245. The summed E-state index contributed by atoms with van der Waals surface area (Å²) in [4.78, 5) is 9.59. The Balaban J connectivity index is -0.0000000360. The first-order valence-corrected chi connectivity index (χ1v) is 3.97. The van der Waals surface area contributed by atoms with Gasteiger partial charge in [-0.3, -0.25) is 4.79 Å². The molecule has 2 nitrogen and oxygen atoms in total. The van der Waals surface area contributed by atoms with E-state index in [9.17, 15) is 4.79 Å². The molecule has 0 spiro atoms. The molecule has 1 amide bonds. The Labute approximate surface area is 66.3 Å². The highest BCUT2D eigenvalue weighted by Gasteiger charge is 1.77. The predicted octanol–water partition coefficient (Wildman–Crippen LogP) is 2.57. The van der Waals surface area contributed by atoms with Crippen LogP contribution in [-0.2, 0) is 4.79 Å². The third kappa shape index (κ3) is 145. The molecule has 10 heavy (non-hydrogen) atoms. The Hall–Kier alpha value is -0.530. The van der Waals surface area contributed by atoms with E-state index in [0.717, 1.165) is 0 Å². The second-order valence-electron chi connectivity index (χ2n) is 1.53. The standard InChI is InChI=1S/C3H7NO.C3H8.C2H6.H2/c1-2-3(4)5;1-3-2;1-2;/h2H2,1H3,(H2,4,5);3H2,1-2H3;1-2H3;1H. The minimum Gasteiger partial charge on any atom is -0.370 e. The van der Waals surface area contributed by atoms with Gasteiger partial charge in [0.2, 0.25) is 5.91 Å². The number of primary amides is 1. The van der Waals surface area contributed by atoms with E-state index in [1.165, 1.54) is 6.42 Å². The first kappa shape index (κ1) is 16.2. The molecule has 0 aliphatic carbocycles. The van der Waals surface area contributed by atoms with Crippen LogP contribution in [0.25, 0.3) is 0 Å². The Kier molecular flexibility index (Phi) is 38.4. The van der Waals surface area contributed by atoms with Crippen LogP contribution >= 0.6 is 0 Å². The second kappa shape index (κ2) is 23.7. The van der Waals surface area contributed by atoms with Gasteiger partial charge in [0.1, 0.15) is 0 Å². The molecule has 0 saturated heterocycles. The molecule has 2 heteroatoms. The summed E-state index contributed by atoms with van der Waals surface area (Å²) < 4.78 is 0. The van der Waals surface area contributed by atoms with Crippen LogP contribution in [-0.4, -0.2) is 5.91 Å². The number of hydrogen-bond donors (Lipinski definition) is 1. The molecule has 0 aromatic carbocycles. The van der Waals surface area contributed by atoms with Crippen molar-refractivity contribution in [2.45, 2.75) is 47.5 Å². The molecule has 0 heterocycles. The van der Waals surface area contributed by atoms with Crippen molar-refractivity contribution < 1.29 is 6.22 Å². The lowest BCUT2D eigenvalue weighted by Gasteiger charge is -1.73. The van der Waals surface area contributed by atoms with Crippen molar-refractivity contribution in [1.29, 1.82) is 0 Å². The molecular formula is C8H23NO. The van der Waals surface area contributed by atoms with Gasteiger partial charge in [-0.15, -0.1) is 0 Å². The average Bonchev–Trinajstić information content (AvgIpc) is 1.94. The number of carbonyl (C=O) groups excluding carboxylic acids is 1. The molecule has 0 atom stereocenters. The van der Waals surface area contributed by atoms with Crippen LogP contribution in [0.2, 0.25) is 0 Å². The molecule has 0 saturated carbocycles. The molecule has 0 rings (SSSR count). The Morgan fingerprint density at radius 3 is 1.40 bits per heavy atom. The molecule has 0 radical (unpaired) electrons. The van der Waals surface area contributed by atoms with Crippen LogP contribution in [0.15, 0.2) is 0 Å². The second-order valence-corrected chi connectivity index (χ2v) is 1.53. The monoisotopic (exact) mass is 149 g/mol. The molecule has 0 aliphatic rings. The number of amides is 1. The lowest BCUT2D eigenvalue weighted by molar-refractivity contribution is -0.117. The number of rotatable bonds is 1. The average molecular weight is 149 g/mol. The summed E-state index contributed by atoms with van der Waals surface area (Å²) in [6.07, 6.45) is 1.69. The molecule has 2 N–H and O–H groups in total. The molecule has 0 aromatic heterocycles. The van der Waals surface area contributed by atoms with Crippen molar-refractivity contribution in [3.8, 4) is 0 Å². The third-order valence-electron chi connectivity index (χ3n) is 0.348. The van der Waals surface area contributed by atoms with Crippen LogP contribution in [0.1, 0.15) is 48.9 Å². The van der Waals surface area contributed by atoms with Crippen molar-refractivity contribution in [3.63, 3.8) is 0 Å². The Bertz CT molecular complexity index is 58.1. The molecular weight excluding hydrogens is 126 g/mol. The lowest BCUT2D eigenvalue weighted by atomic mass is 10.5. The first-order valence-electron chi connectivity index (χ1n) is 3.97. The van der Waals surface area contributed by atoms with Gasteiger partial charge in [-0.1, -0.05) is 41.0 Å². The highest BCUT2D eigenvalue weighted by molar-refractivity contribution is 5.73. The highest BCUT2D eigenvalue weighted by atomic mass is 16.1. The maximum Gasteiger partial charge on any atom is 0.217 e. The SMILES string of the molecule is CC.CCC.CCC(N)=O.[HH]. The van der Waals surface area contributed by atoms with Crippen LogP contribution in [0.4, 0.5) is 0 Å². The van der Waals surface area contributed by atoms with Gasteiger partial charge in [0.25, 0.3) is 0 Å². The van der Waals surface area contributed by atoms with Gasteiger partial charge in [-0.2, -0.15) is 0 Å². The molecule has 0 unspecified atom stereocenters. The summed E-state index contributed by atoms with van der Waals surface area (Å²) in [6, 6.07) is 0. The fourth-order valence-corrected chi connectivity index (χ4v) is 0. The fraction of sp³-hybridized carbons (Fsp3) is 0.875. The van der Waals surface area contributed by atoms with Crippen molar-refractivity contribution in [2.75, 3.05) is 0 Å². The van der Waals surface area contributed by atoms with Crippen molar-refractivity contribution in [1.82, 2.24) is 0 Å². The first-order chi connectivity index (χ1) is 4.68. The van der Waals surface area contributed by atoms with E-state index in [-0.39, 0.29) is 7.33 Å². The Morgan fingerprint density at radius 2 is 1.40 bits per heavy atom. The molecule has 0 aliphatic heterocycles. The normalized spacial score (nSPS) is 6.10. The van der Waals surface area contributed by atoms with Gasteiger partial charge in [0.05, 0.1) is 0 Å². The van der Waals surface area contributed by atoms with E-state index in [4.69, 9.17) is 0 Å². The molecule has 0 bridgehead atoms. The lowest BCUT2D eigenvalue weighted by Crippen LogP contribution is -2.06. The van der Waals surface area contributed by atoms with Gasteiger partial charge in [-0.05, 0) is 0 Å². The van der Waals surface area contributed by atoms with E-state index in [1.807, 2.05) is 13.8 Å². The maximum absolute atomic E-state index is 9.59. The van der Waals surface area contributed by atoms with Crippen LogP contribution in [0.3, 0.4) is 0 Å². The van der Waals surface area contributed by atoms with Gasteiger partial charge < -0.3 is 5.73 Å². The van der Waals surface area contributed by atoms with Crippen LogP contribution in [0, 0.1) is 0 Å². The van der Waals surface area contributed by atoms with Gasteiger partial charge >= 0.3 is 0 Å². The highest BCUT2D eigenvalue weighted by Crippen LogP contribution is 1.63. The molecule has 66 valence electrons. The Morgan fingerprint density at radius 1 is 1.30 bits per heavy atom. The van der Waals surface area contributed by atoms with Gasteiger partial charge in [0.15, 0.2) is 0 Å². The zero-order valence-electron chi connectivity index (χ0n) is 7.90. The summed E-state index contributed by atoms with van der Waals surface area (Å²) >= 11 is 0. The van der Waals surface area contributed by atoms with E-state index < -0.39 is 0 Å². The van der Waals surface area contributed by atoms with Crippen LogP contribution in [0.5, 0.6) is 0 Å². The van der Waals surface area contributed by atoms with E-state index in [1.54, 1.807) is 6.92 Å². The minimum absolute atomic E-state index is 0. The zero-order valence-corrected chi connectivity index (χ0v) is 7.90. The van der Waals surface area contributed by atoms with E-state index in [2.05, 4.69) is 19.6 Å². The van der Waals surface area contributed by atoms with Crippen LogP contribution < -0.4 is 5.73 Å². The predicted molar refractivity (Wildman–Crippen MR) is 48.9 cm³/mol. The van der Waals surface area contributed by atoms with E-state index in [0.29, 0.717) is 6.42 Å². The van der Waals surface area contributed by atoms with Gasteiger partial charge in [0, 0.05) is 7.85 Å². The number of nitrogens with two attached hydrogens (primary N) is 1. The smallest absolute Gasteiger partial charge is 0.217 e. The molecule has 0 fully saturated rings. The zero-order chi connectivity index (χ0) is 8.99. The quantitative estimate of drug-likeness (QED) is 0.611. The summed E-state index contributed by atoms with van der Waals surface area (Å²) in [5.41, 5.74) is 4.65.